The summed E-state index contributed by atoms with van der Waals surface area (Å²) in [5.41, 5.74) is -0.127. The topological polar surface area (TPSA) is 55.8 Å². The molecule has 1 heterocycles. The largest absolute Gasteiger partial charge is 0.497 e. The second-order valence-corrected chi connectivity index (χ2v) is 5.95. The Labute approximate surface area is 119 Å². The van der Waals surface area contributed by atoms with Crippen molar-refractivity contribution in [2.75, 3.05) is 7.11 Å². The first-order valence-electron chi connectivity index (χ1n) is 6.19. The number of methoxy groups -OCH3 is 1. The SMILES string of the molecule is COc1ccc([C@@H](O)[C@H]2Oc3ccccc3S2=O)cc1. The second kappa shape index (κ2) is 5.26. The van der Waals surface area contributed by atoms with Crippen LogP contribution in [0.25, 0.3) is 0 Å². The number of fused-ring (bicyclic) bond motifs is 1. The summed E-state index contributed by atoms with van der Waals surface area (Å²) in [6, 6.07) is 14.1. The van der Waals surface area contributed by atoms with Gasteiger partial charge in [0.1, 0.15) is 28.4 Å². The van der Waals surface area contributed by atoms with Crippen molar-refractivity contribution in [1.29, 1.82) is 0 Å². The van der Waals surface area contributed by atoms with Gasteiger partial charge in [-0.3, -0.25) is 4.21 Å². The van der Waals surface area contributed by atoms with Crippen molar-refractivity contribution in [2.24, 2.45) is 0 Å². The number of rotatable bonds is 3. The van der Waals surface area contributed by atoms with Crippen LogP contribution in [0.5, 0.6) is 11.5 Å². The fourth-order valence-corrected chi connectivity index (χ4v) is 3.51. The van der Waals surface area contributed by atoms with Crippen molar-refractivity contribution in [3.63, 3.8) is 0 Å². The van der Waals surface area contributed by atoms with E-state index >= 15 is 0 Å². The summed E-state index contributed by atoms with van der Waals surface area (Å²) in [6.45, 7) is 0. The van der Waals surface area contributed by atoms with Crippen LogP contribution in [-0.2, 0) is 10.8 Å². The van der Waals surface area contributed by atoms with Gasteiger partial charge in [0.05, 0.1) is 12.0 Å². The summed E-state index contributed by atoms with van der Waals surface area (Å²) >= 11 is 0. The van der Waals surface area contributed by atoms with E-state index in [0.717, 1.165) is 0 Å². The van der Waals surface area contributed by atoms with E-state index in [2.05, 4.69) is 0 Å². The smallest absolute Gasteiger partial charge is 0.207 e. The molecule has 20 heavy (non-hydrogen) atoms. The lowest BCUT2D eigenvalue weighted by molar-refractivity contribution is 0.0885. The maximum atomic E-state index is 12.3. The number of hydrogen-bond donors (Lipinski definition) is 1. The standard InChI is InChI=1S/C15H14O4S/c1-18-11-8-6-10(7-9-11)14(16)15-19-12-4-2-3-5-13(12)20(15)17/h2-9,14-16H,1H3/t14-,15+,20?/m1/s1. The van der Waals surface area contributed by atoms with Gasteiger partial charge in [-0.15, -0.1) is 0 Å². The number of para-hydroxylation sites is 1. The van der Waals surface area contributed by atoms with E-state index in [1.807, 2.05) is 12.1 Å². The number of benzene rings is 2. The summed E-state index contributed by atoms with van der Waals surface area (Å²) in [7, 11) is 0.204. The number of aliphatic hydroxyl groups excluding tert-OH is 1. The highest BCUT2D eigenvalue weighted by atomic mass is 32.2. The Morgan fingerprint density at radius 2 is 1.90 bits per heavy atom. The van der Waals surface area contributed by atoms with E-state index in [9.17, 15) is 9.32 Å². The van der Waals surface area contributed by atoms with Crippen LogP contribution in [0.3, 0.4) is 0 Å². The maximum absolute atomic E-state index is 12.3. The summed E-state index contributed by atoms with van der Waals surface area (Å²) in [4.78, 5) is 0.630. The third-order valence-electron chi connectivity index (χ3n) is 3.24. The quantitative estimate of drug-likeness (QED) is 0.942. The van der Waals surface area contributed by atoms with Crippen molar-refractivity contribution in [2.45, 2.75) is 16.4 Å². The van der Waals surface area contributed by atoms with Gasteiger partial charge in [0, 0.05) is 0 Å². The van der Waals surface area contributed by atoms with Gasteiger partial charge in [-0.1, -0.05) is 24.3 Å². The lowest BCUT2D eigenvalue weighted by atomic mass is 10.1. The van der Waals surface area contributed by atoms with Crippen LogP contribution >= 0.6 is 0 Å². The first kappa shape index (κ1) is 13.1. The van der Waals surface area contributed by atoms with Gasteiger partial charge in [-0.2, -0.15) is 0 Å². The molecule has 0 saturated heterocycles. The Bertz CT molecular complexity index is 639. The Hall–Kier alpha value is -1.85. The van der Waals surface area contributed by atoms with Crippen LogP contribution in [0.2, 0.25) is 0 Å². The normalized spacial score (nSPS) is 21.9. The van der Waals surface area contributed by atoms with E-state index in [4.69, 9.17) is 9.47 Å². The van der Waals surface area contributed by atoms with Gasteiger partial charge in [0.2, 0.25) is 5.44 Å². The lowest BCUT2D eigenvalue weighted by Gasteiger charge is -2.17. The zero-order chi connectivity index (χ0) is 14.1. The zero-order valence-corrected chi connectivity index (χ0v) is 11.7. The van der Waals surface area contributed by atoms with Gasteiger partial charge >= 0.3 is 0 Å². The van der Waals surface area contributed by atoms with Crippen LogP contribution < -0.4 is 9.47 Å². The van der Waals surface area contributed by atoms with Crippen molar-refractivity contribution in [3.05, 3.63) is 54.1 Å². The van der Waals surface area contributed by atoms with Crippen LogP contribution in [0.4, 0.5) is 0 Å². The average Bonchev–Trinajstić information content (AvgIpc) is 2.84. The molecule has 1 aliphatic rings. The predicted molar refractivity (Wildman–Crippen MR) is 75.2 cm³/mol. The van der Waals surface area contributed by atoms with Crippen LogP contribution in [-0.4, -0.2) is 21.9 Å². The van der Waals surface area contributed by atoms with E-state index in [1.165, 1.54) is 0 Å². The average molecular weight is 290 g/mol. The summed E-state index contributed by atoms with van der Waals surface area (Å²) in [5.74, 6) is 1.28. The Balaban J connectivity index is 1.85. The van der Waals surface area contributed by atoms with Gasteiger partial charge in [-0.05, 0) is 29.8 Å². The first-order valence-corrected chi connectivity index (χ1v) is 7.40. The molecule has 1 N–H and O–H groups in total. The first-order chi connectivity index (χ1) is 9.70. The minimum Gasteiger partial charge on any atom is -0.497 e. The van der Waals surface area contributed by atoms with E-state index in [-0.39, 0.29) is 0 Å². The Morgan fingerprint density at radius 1 is 1.20 bits per heavy atom. The maximum Gasteiger partial charge on any atom is 0.207 e. The summed E-state index contributed by atoms with van der Waals surface area (Å²) in [6.07, 6.45) is -0.950. The van der Waals surface area contributed by atoms with Gasteiger partial charge < -0.3 is 14.6 Å². The molecule has 0 aliphatic carbocycles. The highest BCUT2D eigenvalue weighted by molar-refractivity contribution is 7.86. The molecule has 0 spiro atoms. The van der Waals surface area contributed by atoms with Crippen molar-refractivity contribution >= 4 is 10.8 Å². The van der Waals surface area contributed by atoms with Gasteiger partial charge in [0.15, 0.2) is 0 Å². The highest BCUT2D eigenvalue weighted by Gasteiger charge is 2.37. The number of aliphatic hydroxyl groups is 1. The third kappa shape index (κ3) is 2.19. The van der Waals surface area contributed by atoms with Crippen LogP contribution in [0.1, 0.15) is 11.7 Å². The van der Waals surface area contributed by atoms with Crippen molar-refractivity contribution in [3.8, 4) is 11.5 Å². The minimum atomic E-state index is -1.38. The molecule has 0 radical (unpaired) electrons. The lowest BCUT2D eigenvalue weighted by Crippen LogP contribution is -2.25. The van der Waals surface area contributed by atoms with Crippen LogP contribution in [0, 0.1) is 0 Å². The molecular formula is C15H14O4S. The Kier molecular flexibility index (Phi) is 3.46. The third-order valence-corrected chi connectivity index (χ3v) is 4.78. The summed E-state index contributed by atoms with van der Waals surface area (Å²) in [5, 5.41) is 10.4. The summed E-state index contributed by atoms with van der Waals surface area (Å²) < 4.78 is 23.0. The molecule has 0 amide bonds. The molecule has 2 aromatic rings. The van der Waals surface area contributed by atoms with Gasteiger partial charge in [-0.25, -0.2) is 0 Å². The fraction of sp³-hybridized carbons (Fsp3) is 0.200. The molecule has 1 unspecified atom stereocenters. The Morgan fingerprint density at radius 3 is 2.55 bits per heavy atom. The molecule has 4 nitrogen and oxygen atoms in total. The van der Waals surface area contributed by atoms with E-state index in [0.29, 0.717) is 22.0 Å². The number of ether oxygens (including phenoxy) is 2. The molecule has 0 bridgehead atoms. The molecule has 5 heteroatoms. The molecule has 0 saturated carbocycles. The zero-order valence-electron chi connectivity index (χ0n) is 10.9. The monoisotopic (exact) mass is 290 g/mol. The highest BCUT2D eigenvalue weighted by Crippen LogP contribution is 2.37. The minimum absolute atomic E-state index is 0.573. The molecule has 104 valence electrons. The predicted octanol–water partition coefficient (Wildman–Crippen LogP) is 2.25. The van der Waals surface area contributed by atoms with Crippen molar-refractivity contribution < 1.29 is 18.8 Å². The van der Waals surface area contributed by atoms with Crippen LogP contribution in [0.15, 0.2) is 53.4 Å². The molecule has 1 aliphatic heterocycles. The number of hydrogen-bond acceptors (Lipinski definition) is 4. The fourth-order valence-electron chi connectivity index (χ4n) is 2.15. The molecule has 3 rings (SSSR count). The van der Waals surface area contributed by atoms with E-state index in [1.54, 1.807) is 43.5 Å². The van der Waals surface area contributed by atoms with Gasteiger partial charge in [0.25, 0.3) is 0 Å². The second-order valence-electron chi connectivity index (χ2n) is 4.45. The molecular weight excluding hydrogens is 276 g/mol. The van der Waals surface area contributed by atoms with Crippen molar-refractivity contribution in [1.82, 2.24) is 0 Å². The van der Waals surface area contributed by atoms with E-state index < -0.39 is 22.3 Å². The molecule has 0 fully saturated rings. The molecule has 0 aromatic heterocycles. The molecule has 3 atom stereocenters. The molecule has 2 aromatic carbocycles.